The van der Waals surface area contributed by atoms with Gasteiger partial charge >= 0.3 is 0 Å². The molecule has 3 aromatic carbocycles. The minimum absolute atomic E-state index is 0.0371. The zero-order valence-corrected chi connectivity index (χ0v) is 22.1. The Kier molecular flexibility index (Phi) is 7.06. The maximum atomic E-state index is 13.4. The second-order valence-corrected chi connectivity index (χ2v) is 9.71. The second-order valence-electron chi connectivity index (χ2n) is 8.86. The molecule has 0 radical (unpaired) electrons. The predicted octanol–water partition coefficient (Wildman–Crippen LogP) is 6.16. The Bertz CT molecular complexity index is 1580. The van der Waals surface area contributed by atoms with Crippen LogP contribution in [0.1, 0.15) is 22.7 Å². The maximum absolute atomic E-state index is 13.4. The largest absolute Gasteiger partial charge is 0.507 e. The van der Waals surface area contributed by atoms with Crippen LogP contribution in [-0.2, 0) is 16.0 Å². The highest BCUT2D eigenvalue weighted by molar-refractivity contribution is 6.47. The third-order valence-electron chi connectivity index (χ3n) is 6.76. The first-order valence-corrected chi connectivity index (χ1v) is 12.6. The van der Waals surface area contributed by atoms with E-state index >= 15 is 0 Å². The second kappa shape index (κ2) is 10.4. The minimum atomic E-state index is -0.901. The molecule has 194 valence electrons. The number of H-pyrrole nitrogens is 1. The summed E-state index contributed by atoms with van der Waals surface area (Å²) in [6.07, 6.45) is 2.33. The quantitative estimate of drug-likeness (QED) is 0.163. The van der Waals surface area contributed by atoms with Crippen LogP contribution >= 0.6 is 23.2 Å². The number of hydrogen-bond donors (Lipinski definition) is 2. The summed E-state index contributed by atoms with van der Waals surface area (Å²) >= 11 is 12.7. The number of aliphatic hydroxyl groups excluding tert-OH is 1. The van der Waals surface area contributed by atoms with Crippen LogP contribution in [0.25, 0.3) is 16.7 Å². The number of fused-ring (bicyclic) bond motifs is 1. The number of halogens is 2. The Morgan fingerprint density at radius 2 is 1.68 bits per heavy atom. The van der Waals surface area contributed by atoms with E-state index in [9.17, 15) is 14.7 Å². The topological polar surface area (TPSA) is 91.9 Å². The van der Waals surface area contributed by atoms with E-state index < -0.39 is 17.7 Å². The minimum Gasteiger partial charge on any atom is -0.507 e. The highest BCUT2D eigenvalue weighted by Gasteiger charge is 2.46. The van der Waals surface area contributed by atoms with Gasteiger partial charge in [-0.25, -0.2) is 0 Å². The summed E-state index contributed by atoms with van der Waals surface area (Å²) in [5, 5.41) is 12.9. The lowest BCUT2D eigenvalue weighted by Crippen LogP contribution is -2.31. The average molecular weight is 551 g/mol. The Morgan fingerprint density at radius 3 is 2.37 bits per heavy atom. The van der Waals surface area contributed by atoms with Gasteiger partial charge in [-0.15, -0.1) is 0 Å². The molecule has 1 aliphatic heterocycles. The van der Waals surface area contributed by atoms with Crippen molar-refractivity contribution in [2.75, 3.05) is 20.8 Å². The van der Waals surface area contributed by atoms with Gasteiger partial charge in [-0.05, 0) is 72.1 Å². The fourth-order valence-electron chi connectivity index (χ4n) is 4.79. The Hall–Kier alpha value is -3.94. The van der Waals surface area contributed by atoms with Crippen LogP contribution < -0.4 is 9.47 Å². The molecule has 1 atom stereocenters. The number of nitrogens with one attached hydrogen (secondary N) is 1. The van der Waals surface area contributed by atoms with Gasteiger partial charge in [-0.2, -0.15) is 0 Å². The van der Waals surface area contributed by atoms with E-state index in [4.69, 9.17) is 32.7 Å². The number of aliphatic hydroxyl groups is 1. The van der Waals surface area contributed by atoms with E-state index in [1.54, 1.807) is 49.6 Å². The van der Waals surface area contributed by atoms with Gasteiger partial charge in [0, 0.05) is 39.3 Å². The Morgan fingerprint density at radius 1 is 0.974 bits per heavy atom. The number of aromatic amines is 1. The molecule has 9 heteroatoms. The zero-order valence-electron chi connectivity index (χ0n) is 20.6. The molecular weight excluding hydrogens is 527 g/mol. The molecule has 1 aliphatic rings. The van der Waals surface area contributed by atoms with Gasteiger partial charge in [0.15, 0.2) is 0 Å². The molecule has 0 saturated carbocycles. The van der Waals surface area contributed by atoms with Crippen LogP contribution in [0.15, 0.2) is 72.4 Å². The van der Waals surface area contributed by atoms with Crippen molar-refractivity contribution in [1.29, 1.82) is 0 Å². The van der Waals surface area contributed by atoms with Gasteiger partial charge in [0.2, 0.25) is 0 Å². The SMILES string of the molecule is COc1ccc(/C(O)=C2/C(=O)C(=O)N(CCc3c[nH]c4ccc(OC)cc34)C2c2ccc(Cl)cc2Cl)cc1. The van der Waals surface area contributed by atoms with Gasteiger partial charge < -0.3 is 24.5 Å². The fraction of sp³-hybridized carbons (Fsp3) is 0.172. The van der Waals surface area contributed by atoms with Crippen molar-refractivity contribution < 1.29 is 24.2 Å². The molecule has 0 bridgehead atoms. The molecular formula is C29H24Cl2N2O5. The number of amides is 1. The van der Waals surface area contributed by atoms with Gasteiger partial charge in [0.25, 0.3) is 11.7 Å². The molecule has 0 spiro atoms. The lowest BCUT2D eigenvalue weighted by Gasteiger charge is -2.26. The summed E-state index contributed by atoms with van der Waals surface area (Å²) in [6, 6.07) is 16.3. The highest BCUT2D eigenvalue weighted by atomic mass is 35.5. The number of Topliss-reactive ketones (excluding diaryl/α,β-unsaturated/α-hetero) is 1. The van der Waals surface area contributed by atoms with E-state index in [2.05, 4.69) is 4.98 Å². The van der Waals surface area contributed by atoms with Crippen LogP contribution in [0, 0.1) is 0 Å². The van der Waals surface area contributed by atoms with Gasteiger partial charge in [0.05, 0.1) is 25.8 Å². The number of carbonyl (C=O) groups excluding carboxylic acids is 2. The average Bonchev–Trinajstić information content (AvgIpc) is 3.44. The van der Waals surface area contributed by atoms with Crippen LogP contribution in [0.5, 0.6) is 11.5 Å². The number of aromatic nitrogens is 1. The number of hydrogen-bond acceptors (Lipinski definition) is 5. The summed E-state index contributed by atoms with van der Waals surface area (Å²) < 4.78 is 10.6. The van der Waals surface area contributed by atoms with Crippen molar-refractivity contribution in [1.82, 2.24) is 9.88 Å². The predicted molar refractivity (Wildman–Crippen MR) is 147 cm³/mol. The number of methoxy groups -OCH3 is 2. The summed E-state index contributed by atoms with van der Waals surface area (Å²) in [6.45, 7) is 0.206. The van der Waals surface area contributed by atoms with Gasteiger partial charge in [-0.1, -0.05) is 29.3 Å². The van der Waals surface area contributed by atoms with E-state index in [1.807, 2.05) is 24.4 Å². The van der Waals surface area contributed by atoms with Crippen molar-refractivity contribution >= 4 is 51.6 Å². The number of likely N-dealkylation sites (tertiary alicyclic amines) is 1. The summed E-state index contributed by atoms with van der Waals surface area (Å²) in [4.78, 5) is 31.4. The van der Waals surface area contributed by atoms with Crippen molar-refractivity contribution in [3.05, 3.63) is 99.2 Å². The van der Waals surface area contributed by atoms with Crippen LogP contribution in [0.4, 0.5) is 0 Å². The number of nitrogens with zero attached hydrogens (tertiary/aromatic N) is 1. The van der Waals surface area contributed by atoms with Crippen molar-refractivity contribution in [2.45, 2.75) is 12.5 Å². The molecule has 2 N–H and O–H groups in total. The molecule has 0 aliphatic carbocycles. The monoisotopic (exact) mass is 550 g/mol. The Balaban J connectivity index is 1.57. The molecule has 7 nitrogen and oxygen atoms in total. The molecule has 1 saturated heterocycles. The smallest absolute Gasteiger partial charge is 0.295 e. The van der Waals surface area contributed by atoms with Crippen LogP contribution in [0.2, 0.25) is 10.0 Å². The maximum Gasteiger partial charge on any atom is 0.295 e. The molecule has 1 unspecified atom stereocenters. The molecule has 4 aromatic rings. The number of ketones is 1. The van der Waals surface area contributed by atoms with Crippen molar-refractivity contribution in [2.24, 2.45) is 0 Å². The van der Waals surface area contributed by atoms with Crippen LogP contribution in [0.3, 0.4) is 0 Å². The van der Waals surface area contributed by atoms with Crippen LogP contribution in [-0.4, -0.2) is 47.4 Å². The van der Waals surface area contributed by atoms with Crippen molar-refractivity contribution in [3.8, 4) is 11.5 Å². The van der Waals surface area contributed by atoms with Crippen molar-refractivity contribution in [3.63, 3.8) is 0 Å². The zero-order chi connectivity index (χ0) is 27.0. The van der Waals surface area contributed by atoms with Gasteiger partial charge in [-0.3, -0.25) is 9.59 Å². The Labute approximate surface area is 229 Å². The third-order valence-corrected chi connectivity index (χ3v) is 7.32. The molecule has 1 amide bonds. The van der Waals surface area contributed by atoms with E-state index in [0.717, 1.165) is 16.5 Å². The normalized spacial score (nSPS) is 16.8. The molecule has 38 heavy (non-hydrogen) atoms. The molecule has 1 fully saturated rings. The fourth-order valence-corrected chi connectivity index (χ4v) is 5.31. The lowest BCUT2D eigenvalue weighted by molar-refractivity contribution is -0.139. The van der Waals surface area contributed by atoms with Gasteiger partial charge in [0.1, 0.15) is 17.3 Å². The lowest BCUT2D eigenvalue weighted by atomic mass is 9.95. The molecule has 5 rings (SSSR count). The first-order valence-electron chi connectivity index (χ1n) is 11.8. The standard InChI is InChI=1S/C29H24Cl2N2O5/c1-37-19-6-3-16(4-7-19)27(34)25-26(21-9-5-18(30)13-23(21)31)33(29(36)28(25)35)12-11-17-15-32-24-10-8-20(38-2)14-22(17)24/h3-10,13-15,26,32,34H,11-12H2,1-2H3/b27-25-. The number of ether oxygens (including phenoxy) is 2. The highest BCUT2D eigenvalue weighted by Crippen LogP contribution is 2.42. The summed E-state index contributed by atoms with van der Waals surface area (Å²) in [5.74, 6) is -0.481. The van der Waals surface area contributed by atoms with E-state index in [1.165, 1.54) is 12.0 Å². The molecule has 2 heterocycles. The number of rotatable bonds is 7. The van der Waals surface area contributed by atoms with E-state index in [0.29, 0.717) is 34.1 Å². The number of benzene rings is 3. The number of carbonyl (C=O) groups is 2. The third kappa shape index (κ3) is 4.59. The first kappa shape index (κ1) is 25.7. The summed E-state index contributed by atoms with van der Waals surface area (Å²) in [5.41, 5.74) is 2.72. The van der Waals surface area contributed by atoms with E-state index in [-0.39, 0.29) is 22.9 Å². The summed E-state index contributed by atoms with van der Waals surface area (Å²) in [7, 11) is 3.14. The molecule has 1 aromatic heterocycles. The first-order chi connectivity index (χ1) is 18.3.